The SMILES string of the molecule is BrCCCCn1c2ccccc2c2c1ccc1c3ccccc3n(CCCCBr)c12. The minimum Gasteiger partial charge on any atom is -0.340 e. The summed E-state index contributed by atoms with van der Waals surface area (Å²) in [6, 6.07) is 22.5. The van der Waals surface area contributed by atoms with Crippen molar-refractivity contribution in [3.05, 3.63) is 60.7 Å². The fraction of sp³-hybridized carbons (Fsp3) is 0.308. The number of halogens is 2. The van der Waals surface area contributed by atoms with Crippen molar-refractivity contribution >= 4 is 75.5 Å². The van der Waals surface area contributed by atoms with Gasteiger partial charge in [0.05, 0.1) is 11.0 Å². The molecule has 0 unspecified atom stereocenters. The second kappa shape index (κ2) is 8.76. The van der Waals surface area contributed by atoms with E-state index in [0.717, 1.165) is 23.7 Å². The number of rotatable bonds is 8. The largest absolute Gasteiger partial charge is 0.340 e. The summed E-state index contributed by atoms with van der Waals surface area (Å²) in [6.07, 6.45) is 4.76. The quantitative estimate of drug-likeness (QED) is 0.142. The summed E-state index contributed by atoms with van der Waals surface area (Å²) in [5.41, 5.74) is 5.47. The van der Waals surface area contributed by atoms with Crippen LogP contribution in [0, 0.1) is 0 Å². The minimum atomic E-state index is 1.05. The first-order valence-corrected chi connectivity index (χ1v) is 13.1. The lowest BCUT2D eigenvalue weighted by Gasteiger charge is -2.09. The van der Waals surface area contributed by atoms with Crippen LogP contribution in [-0.2, 0) is 13.1 Å². The molecule has 0 aliphatic carbocycles. The van der Waals surface area contributed by atoms with Gasteiger partial charge in [-0.2, -0.15) is 0 Å². The zero-order chi connectivity index (χ0) is 20.5. The first kappa shape index (κ1) is 20.1. The van der Waals surface area contributed by atoms with Crippen LogP contribution in [0.1, 0.15) is 25.7 Å². The molecule has 5 rings (SSSR count). The molecule has 3 aromatic carbocycles. The van der Waals surface area contributed by atoms with Crippen LogP contribution in [0.3, 0.4) is 0 Å². The second-order valence-corrected chi connectivity index (χ2v) is 9.57. The predicted molar refractivity (Wildman–Crippen MR) is 139 cm³/mol. The first-order valence-electron chi connectivity index (χ1n) is 10.9. The van der Waals surface area contributed by atoms with E-state index < -0.39 is 0 Å². The van der Waals surface area contributed by atoms with E-state index in [0.29, 0.717) is 0 Å². The van der Waals surface area contributed by atoms with E-state index in [2.05, 4.69) is 102 Å². The molecule has 2 aromatic heterocycles. The molecule has 0 saturated carbocycles. The molecule has 0 fully saturated rings. The maximum absolute atomic E-state index is 3.60. The molecule has 0 atom stereocenters. The molecule has 4 heteroatoms. The lowest BCUT2D eigenvalue weighted by atomic mass is 10.1. The predicted octanol–water partition coefficient (Wildman–Crippen LogP) is 8.25. The highest BCUT2D eigenvalue weighted by atomic mass is 79.9. The van der Waals surface area contributed by atoms with Gasteiger partial charge in [-0.25, -0.2) is 0 Å². The number of hydrogen-bond donors (Lipinski definition) is 0. The third-order valence-electron chi connectivity index (χ3n) is 6.20. The zero-order valence-electron chi connectivity index (χ0n) is 17.1. The average Bonchev–Trinajstić information content (AvgIpc) is 3.27. The average molecular weight is 526 g/mol. The molecule has 0 saturated heterocycles. The number of aryl methyl sites for hydroxylation is 2. The van der Waals surface area contributed by atoms with Crippen molar-refractivity contribution in [1.29, 1.82) is 0 Å². The smallest absolute Gasteiger partial charge is 0.0592 e. The number of benzene rings is 3. The van der Waals surface area contributed by atoms with Gasteiger partial charge in [-0.3, -0.25) is 0 Å². The van der Waals surface area contributed by atoms with Crippen molar-refractivity contribution in [3.63, 3.8) is 0 Å². The van der Waals surface area contributed by atoms with Gasteiger partial charge in [-0.05, 0) is 43.9 Å². The number of nitrogens with zero attached hydrogens (tertiary/aromatic N) is 2. The lowest BCUT2D eigenvalue weighted by molar-refractivity contribution is 0.668. The zero-order valence-corrected chi connectivity index (χ0v) is 20.3. The molecule has 30 heavy (non-hydrogen) atoms. The molecular weight excluding hydrogens is 500 g/mol. The van der Waals surface area contributed by atoms with Crippen LogP contribution in [0.2, 0.25) is 0 Å². The molecular formula is C26H26Br2N2. The minimum absolute atomic E-state index is 1.05. The third kappa shape index (κ3) is 3.29. The van der Waals surface area contributed by atoms with E-state index in [1.165, 1.54) is 69.3 Å². The van der Waals surface area contributed by atoms with E-state index >= 15 is 0 Å². The Balaban J connectivity index is 1.85. The van der Waals surface area contributed by atoms with E-state index in [1.54, 1.807) is 0 Å². The maximum Gasteiger partial charge on any atom is 0.0592 e. The molecule has 0 radical (unpaired) electrons. The van der Waals surface area contributed by atoms with Crippen LogP contribution in [-0.4, -0.2) is 19.8 Å². The standard InChI is InChI=1S/C26H26Br2N2/c27-15-5-7-17-29-23-12-4-2-10-21(23)25-24(29)14-13-20-19-9-1-3-11-22(19)30(26(20)25)18-8-6-16-28/h1-4,9-14H,5-8,15-18H2. The van der Waals surface area contributed by atoms with Gasteiger partial charge in [0, 0.05) is 56.3 Å². The van der Waals surface area contributed by atoms with Gasteiger partial charge in [0.2, 0.25) is 0 Å². The van der Waals surface area contributed by atoms with Crippen LogP contribution in [0.15, 0.2) is 60.7 Å². The van der Waals surface area contributed by atoms with Crippen molar-refractivity contribution in [3.8, 4) is 0 Å². The van der Waals surface area contributed by atoms with Crippen molar-refractivity contribution in [1.82, 2.24) is 9.13 Å². The normalized spacial score (nSPS) is 12.1. The highest BCUT2D eigenvalue weighted by Crippen LogP contribution is 2.39. The first-order chi connectivity index (χ1) is 14.8. The summed E-state index contributed by atoms with van der Waals surface area (Å²) >= 11 is 7.19. The van der Waals surface area contributed by atoms with Crippen LogP contribution in [0.4, 0.5) is 0 Å². The topological polar surface area (TPSA) is 9.86 Å². The van der Waals surface area contributed by atoms with E-state index in [4.69, 9.17) is 0 Å². The van der Waals surface area contributed by atoms with Gasteiger partial charge in [0.15, 0.2) is 0 Å². The molecule has 5 aromatic rings. The molecule has 0 spiro atoms. The summed E-state index contributed by atoms with van der Waals surface area (Å²) < 4.78 is 5.11. The number of alkyl halides is 2. The molecule has 0 bridgehead atoms. The highest BCUT2D eigenvalue weighted by Gasteiger charge is 2.18. The van der Waals surface area contributed by atoms with Gasteiger partial charge in [0.1, 0.15) is 0 Å². The number of para-hydroxylation sites is 2. The maximum atomic E-state index is 3.60. The van der Waals surface area contributed by atoms with E-state index in [9.17, 15) is 0 Å². The van der Waals surface area contributed by atoms with Gasteiger partial charge in [0.25, 0.3) is 0 Å². The Kier molecular flexibility index (Phi) is 5.88. The van der Waals surface area contributed by atoms with Crippen LogP contribution >= 0.6 is 31.9 Å². The monoisotopic (exact) mass is 524 g/mol. The third-order valence-corrected chi connectivity index (χ3v) is 7.32. The van der Waals surface area contributed by atoms with Crippen LogP contribution in [0.5, 0.6) is 0 Å². The summed E-state index contributed by atoms with van der Waals surface area (Å²) in [5, 5.41) is 7.66. The van der Waals surface area contributed by atoms with Crippen molar-refractivity contribution in [2.75, 3.05) is 10.7 Å². The summed E-state index contributed by atoms with van der Waals surface area (Å²) in [4.78, 5) is 0. The summed E-state index contributed by atoms with van der Waals surface area (Å²) in [7, 11) is 0. The molecule has 0 aliphatic heterocycles. The molecule has 2 nitrogen and oxygen atoms in total. The number of fused-ring (bicyclic) bond motifs is 7. The number of aromatic nitrogens is 2. The Labute approximate surface area is 194 Å². The summed E-state index contributed by atoms with van der Waals surface area (Å²) in [6.45, 7) is 2.11. The van der Waals surface area contributed by atoms with E-state index in [1.807, 2.05) is 0 Å². The van der Waals surface area contributed by atoms with Crippen molar-refractivity contribution in [2.45, 2.75) is 38.8 Å². The fourth-order valence-corrected chi connectivity index (χ4v) is 5.67. The highest BCUT2D eigenvalue weighted by molar-refractivity contribution is 9.09. The lowest BCUT2D eigenvalue weighted by Crippen LogP contribution is -1.99. The summed E-state index contributed by atoms with van der Waals surface area (Å²) in [5.74, 6) is 0. The van der Waals surface area contributed by atoms with Gasteiger partial charge < -0.3 is 9.13 Å². The van der Waals surface area contributed by atoms with Crippen molar-refractivity contribution < 1.29 is 0 Å². The number of unbranched alkanes of at least 4 members (excludes halogenated alkanes) is 2. The Morgan fingerprint density at radius 1 is 0.533 bits per heavy atom. The second-order valence-electron chi connectivity index (χ2n) is 7.99. The molecule has 154 valence electrons. The van der Waals surface area contributed by atoms with Crippen LogP contribution in [0.25, 0.3) is 43.6 Å². The van der Waals surface area contributed by atoms with Crippen molar-refractivity contribution in [2.24, 2.45) is 0 Å². The molecule has 0 aliphatic rings. The Bertz CT molecular complexity index is 1330. The Morgan fingerprint density at radius 2 is 1.13 bits per heavy atom. The Hall–Kier alpha value is -1.78. The van der Waals surface area contributed by atoms with Gasteiger partial charge >= 0.3 is 0 Å². The number of hydrogen-bond acceptors (Lipinski definition) is 0. The molecule has 0 amide bonds. The van der Waals surface area contributed by atoms with E-state index in [-0.39, 0.29) is 0 Å². The Morgan fingerprint density at radius 3 is 1.83 bits per heavy atom. The van der Waals surface area contributed by atoms with Gasteiger partial charge in [-0.15, -0.1) is 0 Å². The molecule has 2 heterocycles. The molecule has 0 N–H and O–H groups in total. The van der Waals surface area contributed by atoms with Gasteiger partial charge in [-0.1, -0.05) is 74.3 Å². The fourth-order valence-electron chi connectivity index (χ4n) is 4.88. The van der Waals surface area contributed by atoms with Crippen LogP contribution < -0.4 is 0 Å².